The van der Waals surface area contributed by atoms with Crippen LogP contribution in [0.15, 0.2) is 61.3 Å². The first kappa shape index (κ1) is 15.0. The van der Waals surface area contributed by atoms with E-state index in [0.29, 0.717) is 5.88 Å². The van der Waals surface area contributed by atoms with Crippen molar-refractivity contribution in [3.8, 4) is 5.88 Å². The van der Waals surface area contributed by atoms with E-state index in [9.17, 15) is 4.79 Å². The third kappa shape index (κ3) is 2.87. The van der Waals surface area contributed by atoms with E-state index in [4.69, 9.17) is 4.74 Å². The van der Waals surface area contributed by atoms with Gasteiger partial charge >= 0.3 is 0 Å². The van der Waals surface area contributed by atoms with Gasteiger partial charge in [0.1, 0.15) is 6.29 Å². The highest BCUT2D eigenvalue weighted by Crippen LogP contribution is 2.38. The number of rotatable bonds is 6. The van der Waals surface area contributed by atoms with Gasteiger partial charge < -0.3 is 9.53 Å². The summed E-state index contributed by atoms with van der Waals surface area (Å²) in [4.78, 5) is 16.1. The van der Waals surface area contributed by atoms with Crippen LogP contribution >= 0.6 is 0 Å². The Bertz CT molecular complexity index is 607. The number of hydrogen-bond donors (Lipinski definition) is 0. The smallest absolute Gasteiger partial charge is 0.212 e. The first-order chi connectivity index (χ1) is 10.2. The Balaban J connectivity index is 2.46. The number of allylic oxidation sites excluding steroid dienone is 1. The molecule has 1 aromatic heterocycles. The fourth-order valence-electron chi connectivity index (χ4n) is 2.54. The molecule has 2 aromatic rings. The largest absolute Gasteiger partial charge is 0.481 e. The van der Waals surface area contributed by atoms with E-state index in [-0.39, 0.29) is 5.92 Å². The van der Waals surface area contributed by atoms with Crippen molar-refractivity contribution in [1.29, 1.82) is 0 Å². The molecule has 2 atom stereocenters. The van der Waals surface area contributed by atoms with Crippen LogP contribution in [0.2, 0.25) is 0 Å². The standard InChI is InChI=1S/C18H19NO2/c1-4-16(14-10-11-17(21-3)19-12-14)18(2,13-20)15-8-6-5-7-9-15/h4-13,16H,1H2,2-3H3/t16-,18-/m0/s1. The Hall–Kier alpha value is -2.42. The number of ether oxygens (including phenoxy) is 1. The number of benzene rings is 1. The lowest BCUT2D eigenvalue weighted by atomic mass is 9.70. The molecule has 0 saturated carbocycles. The van der Waals surface area contributed by atoms with Gasteiger partial charge in [0, 0.05) is 18.2 Å². The maximum atomic E-state index is 11.8. The number of aldehydes is 1. The second-order valence-corrected chi connectivity index (χ2v) is 5.11. The number of hydrogen-bond acceptors (Lipinski definition) is 3. The van der Waals surface area contributed by atoms with Gasteiger partial charge in [0.15, 0.2) is 0 Å². The highest BCUT2D eigenvalue weighted by atomic mass is 16.5. The summed E-state index contributed by atoms with van der Waals surface area (Å²) < 4.78 is 5.07. The molecule has 0 fully saturated rings. The summed E-state index contributed by atoms with van der Waals surface area (Å²) in [6.07, 6.45) is 4.51. The molecule has 21 heavy (non-hydrogen) atoms. The van der Waals surface area contributed by atoms with Gasteiger partial charge in [0.2, 0.25) is 5.88 Å². The monoisotopic (exact) mass is 281 g/mol. The van der Waals surface area contributed by atoms with Crippen molar-refractivity contribution in [1.82, 2.24) is 4.98 Å². The van der Waals surface area contributed by atoms with Gasteiger partial charge in [-0.15, -0.1) is 6.58 Å². The van der Waals surface area contributed by atoms with E-state index in [1.807, 2.05) is 43.3 Å². The molecular weight excluding hydrogens is 262 g/mol. The number of carbonyl (C=O) groups is 1. The molecule has 2 rings (SSSR count). The van der Waals surface area contributed by atoms with Gasteiger partial charge in [-0.25, -0.2) is 4.98 Å². The molecule has 0 unspecified atom stereocenters. The van der Waals surface area contributed by atoms with Crippen molar-refractivity contribution in [2.24, 2.45) is 0 Å². The molecule has 3 heteroatoms. The third-order valence-corrected chi connectivity index (χ3v) is 3.85. The van der Waals surface area contributed by atoms with Gasteiger partial charge in [0.05, 0.1) is 12.5 Å². The van der Waals surface area contributed by atoms with Crippen LogP contribution in [0, 0.1) is 0 Å². The molecule has 3 nitrogen and oxygen atoms in total. The summed E-state index contributed by atoms with van der Waals surface area (Å²) >= 11 is 0. The minimum atomic E-state index is -0.681. The van der Waals surface area contributed by atoms with Crippen molar-refractivity contribution < 1.29 is 9.53 Å². The Morgan fingerprint density at radius 3 is 2.43 bits per heavy atom. The van der Waals surface area contributed by atoms with Crippen LogP contribution in [-0.4, -0.2) is 18.4 Å². The van der Waals surface area contributed by atoms with Crippen molar-refractivity contribution >= 4 is 6.29 Å². The molecule has 0 aliphatic heterocycles. The van der Waals surface area contributed by atoms with Crippen molar-refractivity contribution in [2.75, 3.05) is 7.11 Å². The molecule has 1 aromatic carbocycles. The zero-order chi connectivity index (χ0) is 15.3. The Labute approximate surface area is 125 Å². The second kappa shape index (κ2) is 6.35. The summed E-state index contributed by atoms with van der Waals surface area (Å²) in [6, 6.07) is 13.4. The normalized spacial score (nSPS) is 14.8. The maximum absolute atomic E-state index is 11.8. The number of carbonyl (C=O) groups excluding carboxylic acids is 1. The van der Waals surface area contributed by atoms with Gasteiger partial charge in [0.25, 0.3) is 0 Å². The van der Waals surface area contributed by atoms with Crippen LogP contribution in [0.3, 0.4) is 0 Å². The summed E-state index contributed by atoms with van der Waals surface area (Å²) in [7, 11) is 1.58. The lowest BCUT2D eigenvalue weighted by Gasteiger charge is -2.31. The molecule has 0 aliphatic rings. The van der Waals surface area contributed by atoms with Crippen molar-refractivity contribution in [3.05, 3.63) is 72.4 Å². The van der Waals surface area contributed by atoms with Gasteiger partial charge in [-0.2, -0.15) is 0 Å². The maximum Gasteiger partial charge on any atom is 0.212 e. The first-order valence-electron chi connectivity index (χ1n) is 6.80. The predicted molar refractivity (Wildman–Crippen MR) is 83.6 cm³/mol. The summed E-state index contributed by atoms with van der Waals surface area (Å²) in [5.41, 5.74) is 1.21. The first-order valence-corrected chi connectivity index (χ1v) is 6.80. The van der Waals surface area contributed by atoms with Crippen LogP contribution in [0.1, 0.15) is 24.0 Å². The topological polar surface area (TPSA) is 39.2 Å². The Kier molecular flexibility index (Phi) is 4.53. The van der Waals surface area contributed by atoms with E-state index in [0.717, 1.165) is 17.4 Å². The quantitative estimate of drug-likeness (QED) is 0.601. The Morgan fingerprint density at radius 2 is 1.95 bits per heavy atom. The zero-order valence-corrected chi connectivity index (χ0v) is 12.3. The second-order valence-electron chi connectivity index (χ2n) is 5.11. The lowest BCUT2D eigenvalue weighted by molar-refractivity contribution is -0.112. The average Bonchev–Trinajstić information content (AvgIpc) is 2.56. The predicted octanol–water partition coefficient (Wildman–Crippen LogP) is 3.52. The van der Waals surface area contributed by atoms with Gasteiger partial charge in [-0.3, -0.25) is 0 Å². The molecule has 0 bridgehead atoms. The van der Waals surface area contributed by atoms with E-state index in [1.54, 1.807) is 25.4 Å². The van der Waals surface area contributed by atoms with Gasteiger partial charge in [-0.1, -0.05) is 42.5 Å². The highest BCUT2D eigenvalue weighted by Gasteiger charge is 2.35. The number of nitrogens with zero attached hydrogens (tertiary/aromatic N) is 1. The molecule has 0 spiro atoms. The molecule has 0 N–H and O–H groups in total. The van der Waals surface area contributed by atoms with E-state index in [1.165, 1.54) is 0 Å². The van der Waals surface area contributed by atoms with E-state index < -0.39 is 5.41 Å². The molecule has 0 aliphatic carbocycles. The lowest BCUT2D eigenvalue weighted by Crippen LogP contribution is -2.31. The van der Waals surface area contributed by atoms with Gasteiger partial charge in [-0.05, 0) is 18.1 Å². The third-order valence-electron chi connectivity index (χ3n) is 3.85. The Morgan fingerprint density at radius 1 is 1.24 bits per heavy atom. The minimum absolute atomic E-state index is 0.157. The number of methoxy groups -OCH3 is 1. The summed E-state index contributed by atoms with van der Waals surface area (Å²) in [5.74, 6) is 0.393. The molecule has 0 radical (unpaired) electrons. The minimum Gasteiger partial charge on any atom is -0.481 e. The van der Waals surface area contributed by atoms with Crippen LogP contribution in [0.25, 0.3) is 0 Å². The fraction of sp³-hybridized carbons (Fsp3) is 0.222. The number of aromatic nitrogens is 1. The van der Waals surface area contributed by atoms with E-state index >= 15 is 0 Å². The highest BCUT2D eigenvalue weighted by molar-refractivity contribution is 5.71. The molecular formula is C18H19NO2. The van der Waals surface area contributed by atoms with Crippen LogP contribution in [-0.2, 0) is 10.2 Å². The molecule has 1 heterocycles. The van der Waals surface area contributed by atoms with Crippen LogP contribution in [0.4, 0.5) is 0 Å². The van der Waals surface area contributed by atoms with Crippen LogP contribution < -0.4 is 4.74 Å². The van der Waals surface area contributed by atoms with Crippen molar-refractivity contribution in [2.45, 2.75) is 18.3 Å². The number of pyridine rings is 1. The van der Waals surface area contributed by atoms with E-state index in [2.05, 4.69) is 11.6 Å². The average molecular weight is 281 g/mol. The zero-order valence-electron chi connectivity index (χ0n) is 12.3. The van der Waals surface area contributed by atoms with Crippen LogP contribution in [0.5, 0.6) is 5.88 Å². The SMILES string of the molecule is C=C[C@@H](c1ccc(OC)nc1)[C@@](C)(C=O)c1ccccc1. The van der Waals surface area contributed by atoms with Crippen molar-refractivity contribution in [3.63, 3.8) is 0 Å². The summed E-state index contributed by atoms with van der Waals surface area (Å²) in [5, 5.41) is 0. The molecule has 0 amide bonds. The molecule has 108 valence electrons. The fourth-order valence-corrected chi connectivity index (χ4v) is 2.54. The molecule has 0 saturated heterocycles. The summed E-state index contributed by atoms with van der Waals surface area (Å²) in [6.45, 7) is 5.82.